The third-order valence-electron chi connectivity index (χ3n) is 5.19. The molecule has 198 valence electrons. The summed E-state index contributed by atoms with van der Waals surface area (Å²) >= 11 is 0. The fourth-order valence-corrected chi connectivity index (χ4v) is 3.43. The number of carbonyl (C=O) groups excluding carboxylic acids is 5. The highest BCUT2D eigenvalue weighted by Gasteiger charge is 2.36. The lowest BCUT2D eigenvalue weighted by Crippen LogP contribution is -2.54. The molecule has 36 heavy (non-hydrogen) atoms. The Morgan fingerprint density at radius 2 is 1.92 bits per heavy atom. The maximum atomic E-state index is 12.9. The minimum atomic E-state index is -4.82. The first kappa shape index (κ1) is 28.5. The molecule has 1 aliphatic rings. The molecule has 2 rings (SSSR count). The second-order valence-electron chi connectivity index (χ2n) is 8.56. The number of hydrogen-bond donors (Lipinski definition) is 4. The molecule has 0 spiro atoms. The van der Waals surface area contributed by atoms with E-state index in [1.165, 1.54) is 0 Å². The summed E-state index contributed by atoms with van der Waals surface area (Å²) in [5, 5.41) is 7.27. The van der Waals surface area contributed by atoms with Gasteiger partial charge in [-0.05, 0) is 25.2 Å². The molecule has 1 aromatic rings. The summed E-state index contributed by atoms with van der Waals surface area (Å²) in [6.07, 6.45) is -3.62. The first-order valence-electron chi connectivity index (χ1n) is 11.0. The standard InChI is InChI=1S/C21H27F3N6O6/c1-10(2)7-13(29-19(35)16(25)32)18(34)28-12(8-11-3-5-26-17(11)33)14(31)9-36-15-4-6-27-20(30-15)21(22,23)24/h4,6,10-13H,3,5,7-9H2,1-2H3,(H2,25,32)(H,26,33)(H,28,34)(H,29,35)/t11-,12-,13-/m0/s1. The van der Waals surface area contributed by atoms with Crippen molar-refractivity contribution >= 4 is 29.4 Å². The average Bonchev–Trinajstić information content (AvgIpc) is 3.19. The van der Waals surface area contributed by atoms with Crippen LogP contribution in [0.2, 0.25) is 0 Å². The van der Waals surface area contributed by atoms with E-state index in [1.807, 2.05) is 0 Å². The number of aromatic nitrogens is 2. The minimum Gasteiger partial charge on any atom is -0.469 e. The molecule has 5 N–H and O–H groups in total. The van der Waals surface area contributed by atoms with Crippen LogP contribution in [-0.2, 0) is 30.1 Å². The zero-order chi connectivity index (χ0) is 27.0. The molecule has 2 heterocycles. The lowest BCUT2D eigenvalue weighted by molar-refractivity contribution is -0.145. The summed E-state index contributed by atoms with van der Waals surface area (Å²) in [5.74, 6) is -7.07. The van der Waals surface area contributed by atoms with Crippen molar-refractivity contribution in [1.82, 2.24) is 25.9 Å². The van der Waals surface area contributed by atoms with Crippen LogP contribution in [0.3, 0.4) is 0 Å². The van der Waals surface area contributed by atoms with Gasteiger partial charge >= 0.3 is 18.0 Å². The lowest BCUT2D eigenvalue weighted by Gasteiger charge is -2.24. The molecule has 1 aliphatic heterocycles. The molecule has 4 amide bonds. The number of amides is 4. The third kappa shape index (κ3) is 8.46. The number of primary amides is 1. The van der Waals surface area contributed by atoms with Gasteiger partial charge in [0.15, 0.2) is 12.4 Å². The summed E-state index contributed by atoms with van der Waals surface area (Å²) < 4.78 is 43.5. The number of nitrogens with one attached hydrogen (secondary N) is 3. The number of hydrogen-bond acceptors (Lipinski definition) is 8. The Bertz CT molecular complexity index is 1000. The molecule has 0 bridgehead atoms. The summed E-state index contributed by atoms with van der Waals surface area (Å²) in [4.78, 5) is 67.0. The zero-order valence-electron chi connectivity index (χ0n) is 19.6. The van der Waals surface area contributed by atoms with Crippen LogP contribution in [0.5, 0.6) is 5.88 Å². The number of nitrogens with two attached hydrogens (primary N) is 1. The van der Waals surface area contributed by atoms with E-state index in [1.54, 1.807) is 13.8 Å². The van der Waals surface area contributed by atoms with Crippen LogP contribution < -0.4 is 26.4 Å². The van der Waals surface area contributed by atoms with E-state index >= 15 is 0 Å². The van der Waals surface area contributed by atoms with E-state index in [0.717, 1.165) is 12.3 Å². The van der Waals surface area contributed by atoms with Crippen LogP contribution in [0, 0.1) is 11.8 Å². The number of rotatable bonds is 11. The number of ether oxygens (including phenoxy) is 1. The summed E-state index contributed by atoms with van der Waals surface area (Å²) in [5.41, 5.74) is 4.94. The Kier molecular flexibility index (Phi) is 9.69. The molecule has 15 heteroatoms. The highest BCUT2D eigenvalue weighted by Crippen LogP contribution is 2.26. The van der Waals surface area contributed by atoms with E-state index < -0.39 is 66.0 Å². The lowest BCUT2D eigenvalue weighted by atomic mass is 9.95. The van der Waals surface area contributed by atoms with Gasteiger partial charge in [0.2, 0.25) is 23.5 Å². The molecule has 0 unspecified atom stereocenters. The van der Waals surface area contributed by atoms with E-state index in [9.17, 15) is 37.1 Å². The number of halogens is 3. The quantitative estimate of drug-likeness (QED) is 0.283. The van der Waals surface area contributed by atoms with E-state index in [2.05, 4.69) is 25.9 Å². The van der Waals surface area contributed by atoms with Gasteiger partial charge in [-0.15, -0.1) is 0 Å². The van der Waals surface area contributed by atoms with Crippen LogP contribution in [0.1, 0.15) is 38.9 Å². The van der Waals surface area contributed by atoms with Gasteiger partial charge in [0.05, 0.1) is 6.04 Å². The first-order valence-corrected chi connectivity index (χ1v) is 11.0. The molecular formula is C21H27F3N6O6. The number of nitrogens with zero attached hydrogens (tertiary/aromatic N) is 2. The maximum Gasteiger partial charge on any atom is 0.451 e. The largest absolute Gasteiger partial charge is 0.469 e. The Morgan fingerprint density at radius 3 is 2.47 bits per heavy atom. The molecule has 3 atom stereocenters. The van der Waals surface area contributed by atoms with Crippen molar-refractivity contribution in [3.05, 3.63) is 18.1 Å². The minimum absolute atomic E-state index is 0.104. The molecule has 0 aliphatic carbocycles. The summed E-state index contributed by atoms with van der Waals surface area (Å²) in [6.45, 7) is 3.12. The van der Waals surface area contributed by atoms with E-state index in [-0.39, 0.29) is 24.7 Å². The van der Waals surface area contributed by atoms with Gasteiger partial charge in [-0.3, -0.25) is 24.0 Å². The Hall–Kier alpha value is -3.78. The van der Waals surface area contributed by atoms with E-state index in [4.69, 9.17) is 10.5 Å². The normalized spacial score (nSPS) is 17.2. The van der Waals surface area contributed by atoms with Crippen LogP contribution in [0.4, 0.5) is 13.2 Å². The van der Waals surface area contributed by atoms with Crippen molar-refractivity contribution in [2.45, 2.75) is 51.4 Å². The van der Waals surface area contributed by atoms with Gasteiger partial charge in [-0.1, -0.05) is 13.8 Å². The Morgan fingerprint density at radius 1 is 1.22 bits per heavy atom. The first-order chi connectivity index (χ1) is 16.8. The fourth-order valence-electron chi connectivity index (χ4n) is 3.43. The molecule has 12 nitrogen and oxygen atoms in total. The molecule has 1 fully saturated rings. The predicted molar refractivity (Wildman–Crippen MR) is 116 cm³/mol. The SMILES string of the molecule is CC(C)C[C@H](NC(=O)C(N)=O)C(=O)N[C@@H](C[C@@H]1CCNC1=O)C(=O)COc1ccnc(C(F)(F)F)n1. The van der Waals surface area contributed by atoms with Crippen LogP contribution >= 0.6 is 0 Å². The molecule has 0 aromatic carbocycles. The Labute approximate surface area is 203 Å². The summed E-state index contributed by atoms with van der Waals surface area (Å²) in [6, 6.07) is -1.47. The second kappa shape index (κ2) is 12.3. The third-order valence-corrected chi connectivity index (χ3v) is 5.19. The summed E-state index contributed by atoms with van der Waals surface area (Å²) in [7, 11) is 0. The van der Waals surface area contributed by atoms with Crippen LogP contribution in [-0.4, -0.2) is 64.6 Å². The smallest absolute Gasteiger partial charge is 0.451 e. The van der Waals surface area contributed by atoms with Crippen LogP contribution in [0.25, 0.3) is 0 Å². The number of Topliss-reactive ketones (excluding diaryl/α,β-unsaturated/α-hetero) is 1. The van der Waals surface area contributed by atoms with Gasteiger partial charge < -0.3 is 26.4 Å². The average molecular weight is 516 g/mol. The van der Waals surface area contributed by atoms with Crippen molar-refractivity contribution in [3.63, 3.8) is 0 Å². The van der Waals surface area contributed by atoms with Crippen molar-refractivity contribution in [1.29, 1.82) is 0 Å². The highest BCUT2D eigenvalue weighted by atomic mass is 19.4. The van der Waals surface area contributed by atoms with Crippen molar-refractivity contribution < 1.29 is 41.9 Å². The van der Waals surface area contributed by atoms with Gasteiger partial charge in [0.1, 0.15) is 6.04 Å². The van der Waals surface area contributed by atoms with Gasteiger partial charge in [-0.2, -0.15) is 18.2 Å². The van der Waals surface area contributed by atoms with Crippen molar-refractivity contribution in [2.24, 2.45) is 17.6 Å². The molecule has 1 saturated heterocycles. The second-order valence-corrected chi connectivity index (χ2v) is 8.56. The predicted octanol–water partition coefficient (Wildman–Crippen LogP) is -0.529. The monoisotopic (exact) mass is 516 g/mol. The van der Waals surface area contributed by atoms with Gasteiger partial charge in [0.25, 0.3) is 0 Å². The zero-order valence-corrected chi connectivity index (χ0v) is 19.6. The van der Waals surface area contributed by atoms with E-state index in [0.29, 0.717) is 13.0 Å². The molecule has 0 saturated carbocycles. The van der Waals surface area contributed by atoms with Crippen molar-refractivity contribution in [3.8, 4) is 5.88 Å². The fraction of sp³-hybridized carbons (Fsp3) is 0.571. The van der Waals surface area contributed by atoms with Gasteiger partial charge in [0, 0.05) is 24.7 Å². The number of alkyl halides is 3. The van der Waals surface area contributed by atoms with Crippen LogP contribution in [0.15, 0.2) is 12.3 Å². The number of ketones is 1. The number of carbonyl (C=O) groups is 5. The topological polar surface area (TPSA) is 182 Å². The molecule has 1 aromatic heterocycles. The maximum absolute atomic E-state index is 12.9. The Balaban J connectivity index is 2.17. The molecular weight excluding hydrogens is 489 g/mol. The molecule has 0 radical (unpaired) electrons. The van der Waals surface area contributed by atoms with Crippen molar-refractivity contribution in [2.75, 3.05) is 13.2 Å². The van der Waals surface area contributed by atoms with Gasteiger partial charge in [-0.25, -0.2) is 4.98 Å². The highest BCUT2D eigenvalue weighted by molar-refractivity contribution is 6.34.